The number of benzene rings is 1. The van der Waals surface area contributed by atoms with E-state index in [9.17, 15) is 4.39 Å². The molecule has 0 bridgehead atoms. The average molecular weight is 246 g/mol. The molecule has 1 fully saturated rings. The lowest BCUT2D eigenvalue weighted by Gasteiger charge is -2.08. The van der Waals surface area contributed by atoms with Crippen molar-refractivity contribution in [3.8, 4) is 11.1 Å². The molecule has 1 aliphatic rings. The van der Waals surface area contributed by atoms with Crippen LogP contribution >= 0.6 is 0 Å². The normalized spacial score (nSPS) is 19.3. The molecule has 1 aliphatic heterocycles. The summed E-state index contributed by atoms with van der Waals surface area (Å²) in [5.74, 6) is 0.648. The van der Waals surface area contributed by atoms with Crippen LogP contribution in [0.25, 0.3) is 11.1 Å². The summed E-state index contributed by atoms with van der Waals surface area (Å²) >= 11 is 0. The van der Waals surface area contributed by atoms with Crippen molar-refractivity contribution < 1.29 is 8.91 Å². The maximum atomic E-state index is 12.9. The summed E-state index contributed by atoms with van der Waals surface area (Å²) in [5, 5.41) is 7.30. The standard InChI is InChI=1S/C14H15FN2O/c15-11-5-3-10(4-6-11)13-9-17-18-14(13)8-12-2-1-7-16-12/h3-6,9,12,16H,1-2,7-8H2. The van der Waals surface area contributed by atoms with Crippen molar-refractivity contribution in [3.63, 3.8) is 0 Å². The van der Waals surface area contributed by atoms with Gasteiger partial charge in [0.15, 0.2) is 0 Å². The van der Waals surface area contributed by atoms with Crippen LogP contribution in [0.4, 0.5) is 4.39 Å². The third kappa shape index (κ3) is 2.29. The van der Waals surface area contributed by atoms with E-state index in [0.717, 1.165) is 29.9 Å². The largest absolute Gasteiger partial charge is 0.361 e. The number of hydrogen-bond acceptors (Lipinski definition) is 3. The Morgan fingerprint density at radius 3 is 2.89 bits per heavy atom. The Morgan fingerprint density at radius 2 is 2.17 bits per heavy atom. The lowest BCUT2D eigenvalue weighted by molar-refractivity contribution is 0.370. The molecule has 3 nitrogen and oxygen atoms in total. The molecule has 0 aliphatic carbocycles. The first-order valence-electron chi connectivity index (χ1n) is 6.26. The molecular formula is C14H15FN2O. The fraction of sp³-hybridized carbons (Fsp3) is 0.357. The Labute approximate surface area is 105 Å². The molecule has 1 aromatic heterocycles. The molecule has 1 unspecified atom stereocenters. The summed E-state index contributed by atoms with van der Waals surface area (Å²) in [6.45, 7) is 1.07. The van der Waals surface area contributed by atoms with Crippen LogP contribution in [0.3, 0.4) is 0 Å². The third-order valence-electron chi connectivity index (χ3n) is 3.39. The van der Waals surface area contributed by atoms with Crippen LogP contribution in [-0.2, 0) is 6.42 Å². The third-order valence-corrected chi connectivity index (χ3v) is 3.39. The van der Waals surface area contributed by atoms with E-state index < -0.39 is 0 Å². The van der Waals surface area contributed by atoms with Gasteiger partial charge in [-0.3, -0.25) is 0 Å². The van der Waals surface area contributed by atoms with E-state index in [1.807, 2.05) is 0 Å². The number of halogens is 1. The average Bonchev–Trinajstić information content (AvgIpc) is 3.02. The summed E-state index contributed by atoms with van der Waals surface area (Å²) in [5.41, 5.74) is 1.91. The minimum Gasteiger partial charge on any atom is -0.361 e. The van der Waals surface area contributed by atoms with E-state index in [1.54, 1.807) is 18.3 Å². The smallest absolute Gasteiger partial charge is 0.146 e. The molecule has 1 saturated heterocycles. The van der Waals surface area contributed by atoms with Crippen molar-refractivity contribution in [2.24, 2.45) is 0 Å². The van der Waals surface area contributed by atoms with E-state index in [4.69, 9.17) is 4.52 Å². The van der Waals surface area contributed by atoms with Crippen LogP contribution in [0.2, 0.25) is 0 Å². The van der Waals surface area contributed by atoms with Gasteiger partial charge in [-0.25, -0.2) is 4.39 Å². The first kappa shape index (κ1) is 11.4. The first-order chi connectivity index (χ1) is 8.83. The highest BCUT2D eigenvalue weighted by Gasteiger charge is 2.19. The minimum atomic E-state index is -0.228. The topological polar surface area (TPSA) is 38.1 Å². The summed E-state index contributed by atoms with van der Waals surface area (Å²) in [6.07, 6.45) is 4.93. The second kappa shape index (κ2) is 4.90. The molecule has 0 spiro atoms. The predicted octanol–water partition coefficient (Wildman–Crippen LogP) is 2.78. The fourth-order valence-electron chi connectivity index (χ4n) is 2.43. The Balaban J connectivity index is 1.84. The van der Waals surface area contributed by atoms with Gasteiger partial charge in [0.1, 0.15) is 11.6 Å². The van der Waals surface area contributed by atoms with E-state index in [-0.39, 0.29) is 5.82 Å². The second-order valence-corrected chi connectivity index (χ2v) is 4.67. The van der Waals surface area contributed by atoms with Crippen LogP contribution in [0, 0.1) is 5.82 Å². The Morgan fingerprint density at radius 1 is 1.33 bits per heavy atom. The van der Waals surface area contributed by atoms with Crippen molar-refractivity contribution in [1.82, 2.24) is 10.5 Å². The van der Waals surface area contributed by atoms with Crippen LogP contribution in [0.5, 0.6) is 0 Å². The summed E-state index contributed by atoms with van der Waals surface area (Å²) < 4.78 is 18.2. The van der Waals surface area contributed by atoms with E-state index in [2.05, 4.69) is 10.5 Å². The molecule has 94 valence electrons. The van der Waals surface area contributed by atoms with Gasteiger partial charge in [-0.1, -0.05) is 17.3 Å². The van der Waals surface area contributed by atoms with Crippen molar-refractivity contribution in [2.75, 3.05) is 6.54 Å². The van der Waals surface area contributed by atoms with Crippen molar-refractivity contribution in [2.45, 2.75) is 25.3 Å². The van der Waals surface area contributed by atoms with Gasteiger partial charge in [0, 0.05) is 18.0 Å². The van der Waals surface area contributed by atoms with Gasteiger partial charge >= 0.3 is 0 Å². The molecule has 18 heavy (non-hydrogen) atoms. The predicted molar refractivity (Wildman–Crippen MR) is 66.6 cm³/mol. The second-order valence-electron chi connectivity index (χ2n) is 4.67. The maximum absolute atomic E-state index is 12.9. The van der Waals surface area contributed by atoms with E-state index >= 15 is 0 Å². The maximum Gasteiger partial charge on any atom is 0.146 e. The molecule has 0 radical (unpaired) electrons. The minimum absolute atomic E-state index is 0.228. The molecule has 0 saturated carbocycles. The van der Waals surface area contributed by atoms with Gasteiger partial charge in [-0.05, 0) is 37.1 Å². The number of aromatic nitrogens is 1. The van der Waals surface area contributed by atoms with E-state index in [1.165, 1.54) is 25.0 Å². The van der Waals surface area contributed by atoms with Gasteiger partial charge in [-0.15, -0.1) is 0 Å². The van der Waals surface area contributed by atoms with Crippen LogP contribution in [0.1, 0.15) is 18.6 Å². The van der Waals surface area contributed by atoms with Gasteiger partial charge in [0.2, 0.25) is 0 Å². The molecule has 4 heteroatoms. The highest BCUT2D eigenvalue weighted by molar-refractivity contribution is 5.64. The Bertz CT molecular complexity index is 515. The van der Waals surface area contributed by atoms with Crippen molar-refractivity contribution in [3.05, 3.63) is 42.0 Å². The lowest BCUT2D eigenvalue weighted by atomic mass is 10.0. The highest BCUT2D eigenvalue weighted by atomic mass is 19.1. The van der Waals surface area contributed by atoms with Crippen LogP contribution < -0.4 is 5.32 Å². The molecular weight excluding hydrogens is 231 g/mol. The quantitative estimate of drug-likeness (QED) is 0.905. The van der Waals surface area contributed by atoms with Gasteiger partial charge in [0.25, 0.3) is 0 Å². The zero-order valence-corrected chi connectivity index (χ0v) is 10.0. The van der Waals surface area contributed by atoms with Gasteiger partial charge in [0.05, 0.1) is 6.20 Å². The SMILES string of the molecule is Fc1ccc(-c2cnoc2CC2CCCN2)cc1. The zero-order valence-electron chi connectivity index (χ0n) is 10.0. The lowest BCUT2D eigenvalue weighted by Crippen LogP contribution is -2.23. The molecule has 2 aromatic rings. The van der Waals surface area contributed by atoms with Crippen molar-refractivity contribution >= 4 is 0 Å². The number of rotatable bonds is 3. The molecule has 0 amide bonds. The highest BCUT2D eigenvalue weighted by Crippen LogP contribution is 2.25. The van der Waals surface area contributed by atoms with E-state index in [0.29, 0.717) is 6.04 Å². The fourth-order valence-corrected chi connectivity index (χ4v) is 2.43. The van der Waals surface area contributed by atoms with Crippen LogP contribution in [0.15, 0.2) is 35.0 Å². The summed E-state index contributed by atoms with van der Waals surface area (Å²) in [7, 11) is 0. The monoisotopic (exact) mass is 246 g/mol. The summed E-state index contributed by atoms with van der Waals surface area (Å²) in [4.78, 5) is 0. The first-order valence-corrected chi connectivity index (χ1v) is 6.26. The molecule has 1 atom stereocenters. The number of nitrogens with one attached hydrogen (secondary N) is 1. The summed E-state index contributed by atoms with van der Waals surface area (Å²) in [6, 6.07) is 6.90. The number of nitrogens with zero attached hydrogens (tertiary/aromatic N) is 1. The Kier molecular flexibility index (Phi) is 3.11. The van der Waals surface area contributed by atoms with Gasteiger partial charge < -0.3 is 9.84 Å². The molecule has 3 rings (SSSR count). The molecule has 2 heterocycles. The molecule has 1 N–H and O–H groups in total. The zero-order chi connectivity index (χ0) is 12.4. The number of hydrogen-bond donors (Lipinski definition) is 1. The Hall–Kier alpha value is -1.68. The molecule has 1 aromatic carbocycles. The van der Waals surface area contributed by atoms with Gasteiger partial charge in [-0.2, -0.15) is 0 Å². The van der Waals surface area contributed by atoms with Crippen LogP contribution in [-0.4, -0.2) is 17.7 Å². The van der Waals surface area contributed by atoms with Crippen molar-refractivity contribution in [1.29, 1.82) is 0 Å².